The van der Waals surface area contributed by atoms with E-state index in [9.17, 15) is 5.11 Å². The fraction of sp³-hybridized carbons (Fsp3) is 0.385. The lowest BCUT2D eigenvalue weighted by atomic mass is 10.1. The van der Waals surface area contributed by atoms with E-state index in [1.165, 1.54) is 0 Å². The van der Waals surface area contributed by atoms with Crippen molar-refractivity contribution in [3.63, 3.8) is 0 Å². The number of nitrogens with zero attached hydrogens (tertiary/aromatic N) is 4. The van der Waals surface area contributed by atoms with Crippen LogP contribution in [-0.2, 0) is 0 Å². The van der Waals surface area contributed by atoms with Crippen molar-refractivity contribution in [2.45, 2.75) is 26.4 Å². The Labute approximate surface area is 127 Å². The Balaban J connectivity index is 2.15. The maximum Gasteiger partial charge on any atom is 0.233 e. The lowest BCUT2D eigenvalue weighted by Gasteiger charge is -2.17. The van der Waals surface area contributed by atoms with E-state index in [-0.39, 0.29) is 5.28 Å². The average molecular weight is 309 g/mol. The van der Waals surface area contributed by atoms with Crippen molar-refractivity contribution in [2.24, 2.45) is 0 Å². The number of hydrogen-bond acceptors (Lipinski definition) is 7. The molecule has 0 aliphatic rings. The number of hydrogen-bond donors (Lipinski definition) is 3. The van der Waals surface area contributed by atoms with E-state index in [1.54, 1.807) is 26.1 Å². The van der Waals surface area contributed by atoms with E-state index in [1.807, 2.05) is 13.0 Å². The Bertz CT molecular complexity index is 628. The fourth-order valence-corrected chi connectivity index (χ4v) is 1.69. The Hall–Kier alpha value is -1.99. The predicted octanol–water partition coefficient (Wildman–Crippen LogP) is 2.15. The molecule has 0 bridgehead atoms. The molecular weight excluding hydrogens is 292 g/mol. The molecular formula is C13H17ClN6O. The molecule has 2 heterocycles. The molecule has 2 rings (SSSR count). The van der Waals surface area contributed by atoms with E-state index in [0.717, 1.165) is 11.4 Å². The number of halogens is 1. The lowest BCUT2D eigenvalue weighted by Crippen LogP contribution is -2.30. The molecule has 21 heavy (non-hydrogen) atoms. The zero-order chi connectivity index (χ0) is 15.5. The van der Waals surface area contributed by atoms with Crippen molar-refractivity contribution in [2.75, 3.05) is 17.2 Å². The van der Waals surface area contributed by atoms with Gasteiger partial charge < -0.3 is 15.7 Å². The first-order valence-electron chi connectivity index (χ1n) is 6.39. The van der Waals surface area contributed by atoms with Gasteiger partial charge in [-0.2, -0.15) is 15.0 Å². The standard InChI is InChI=1S/C13H17ClN6O/c1-8-6-9(4-5-15-8)17-12-19-10(14)18-11(20-12)16-7-13(2,3)21/h4-6,21H,7H2,1-3H3,(H2,15,16,17,18,19,20). The Morgan fingerprint density at radius 2 is 1.95 bits per heavy atom. The molecule has 0 saturated heterocycles. The highest BCUT2D eigenvalue weighted by Gasteiger charge is 2.13. The average Bonchev–Trinajstić information content (AvgIpc) is 2.35. The predicted molar refractivity (Wildman–Crippen MR) is 81.9 cm³/mol. The van der Waals surface area contributed by atoms with Crippen molar-refractivity contribution in [1.29, 1.82) is 0 Å². The molecule has 112 valence electrons. The van der Waals surface area contributed by atoms with Crippen molar-refractivity contribution >= 4 is 29.2 Å². The van der Waals surface area contributed by atoms with Gasteiger partial charge in [-0.1, -0.05) is 0 Å². The molecule has 0 atom stereocenters. The molecule has 0 aliphatic heterocycles. The molecule has 0 aromatic carbocycles. The molecule has 0 amide bonds. The smallest absolute Gasteiger partial charge is 0.233 e. The number of nitrogens with one attached hydrogen (secondary N) is 2. The van der Waals surface area contributed by atoms with Crippen molar-refractivity contribution in [3.8, 4) is 0 Å². The van der Waals surface area contributed by atoms with Crippen molar-refractivity contribution < 1.29 is 5.11 Å². The minimum absolute atomic E-state index is 0.0662. The largest absolute Gasteiger partial charge is 0.389 e. The van der Waals surface area contributed by atoms with Gasteiger partial charge in [-0.25, -0.2) is 0 Å². The SMILES string of the molecule is Cc1cc(Nc2nc(Cl)nc(NCC(C)(C)O)n2)ccn1. The van der Waals surface area contributed by atoms with E-state index in [4.69, 9.17) is 11.6 Å². The first-order chi connectivity index (χ1) is 9.82. The van der Waals surface area contributed by atoms with Gasteiger partial charge in [0.05, 0.1) is 5.60 Å². The fourth-order valence-electron chi connectivity index (χ4n) is 1.53. The Kier molecular flexibility index (Phi) is 4.54. The third-order valence-electron chi connectivity index (χ3n) is 2.44. The van der Waals surface area contributed by atoms with Gasteiger partial charge >= 0.3 is 0 Å². The molecule has 0 fully saturated rings. The molecule has 0 radical (unpaired) electrons. The third kappa shape index (κ3) is 5.13. The number of aryl methyl sites for hydroxylation is 1. The van der Waals surface area contributed by atoms with Crippen LogP contribution in [0.15, 0.2) is 18.3 Å². The molecule has 0 spiro atoms. The van der Waals surface area contributed by atoms with Crippen molar-refractivity contribution in [1.82, 2.24) is 19.9 Å². The minimum atomic E-state index is -0.880. The van der Waals surface area contributed by atoms with Gasteiger partial charge in [-0.3, -0.25) is 4.98 Å². The molecule has 3 N–H and O–H groups in total. The summed E-state index contributed by atoms with van der Waals surface area (Å²) in [5, 5.41) is 15.7. The summed E-state index contributed by atoms with van der Waals surface area (Å²) in [6.07, 6.45) is 1.69. The lowest BCUT2D eigenvalue weighted by molar-refractivity contribution is 0.0943. The highest BCUT2D eigenvalue weighted by atomic mass is 35.5. The first-order valence-corrected chi connectivity index (χ1v) is 6.77. The third-order valence-corrected chi connectivity index (χ3v) is 2.61. The topological polar surface area (TPSA) is 95.9 Å². The number of anilines is 3. The van der Waals surface area contributed by atoms with Crippen LogP contribution in [0.1, 0.15) is 19.5 Å². The van der Waals surface area contributed by atoms with Crippen LogP contribution >= 0.6 is 11.6 Å². The zero-order valence-corrected chi connectivity index (χ0v) is 12.8. The van der Waals surface area contributed by atoms with E-state index < -0.39 is 5.60 Å². The highest BCUT2D eigenvalue weighted by molar-refractivity contribution is 6.28. The summed E-state index contributed by atoms with van der Waals surface area (Å²) in [4.78, 5) is 16.3. The summed E-state index contributed by atoms with van der Waals surface area (Å²) in [6.45, 7) is 5.55. The van der Waals surface area contributed by atoms with Crippen LogP contribution in [0.4, 0.5) is 17.6 Å². The summed E-state index contributed by atoms with van der Waals surface area (Å²) < 4.78 is 0. The van der Waals surface area contributed by atoms with Crippen LogP contribution in [-0.4, -0.2) is 37.2 Å². The summed E-state index contributed by atoms with van der Waals surface area (Å²) >= 11 is 5.88. The molecule has 0 unspecified atom stereocenters. The number of pyridine rings is 1. The minimum Gasteiger partial charge on any atom is -0.389 e. The zero-order valence-electron chi connectivity index (χ0n) is 12.1. The van der Waals surface area contributed by atoms with Crippen LogP contribution in [0.3, 0.4) is 0 Å². The second-order valence-electron chi connectivity index (χ2n) is 5.23. The van der Waals surface area contributed by atoms with Crippen molar-refractivity contribution in [3.05, 3.63) is 29.3 Å². The second-order valence-corrected chi connectivity index (χ2v) is 5.57. The molecule has 8 heteroatoms. The van der Waals surface area contributed by atoms with Crippen LogP contribution in [0.25, 0.3) is 0 Å². The van der Waals surface area contributed by atoms with E-state index in [0.29, 0.717) is 18.4 Å². The summed E-state index contributed by atoms with van der Waals surface area (Å²) in [5.74, 6) is 0.615. The quantitative estimate of drug-likeness (QED) is 0.779. The van der Waals surface area contributed by atoms with Gasteiger partial charge in [0.2, 0.25) is 17.2 Å². The van der Waals surface area contributed by atoms with Crippen LogP contribution in [0.5, 0.6) is 0 Å². The molecule has 7 nitrogen and oxygen atoms in total. The van der Waals surface area contributed by atoms with Gasteiger partial charge in [-0.15, -0.1) is 0 Å². The monoisotopic (exact) mass is 308 g/mol. The van der Waals surface area contributed by atoms with Crippen LogP contribution in [0, 0.1) is 6.92 Å². The highest BCUT2D eigenvalue weighted by Crippen LogP contribution is 2.16. The van der Waals surface area contributed by atoms with Gasteiger partial charge in [0.25, 0.3) is 0 Å². The molecule has 2 aromatic rings. The van der Waals surface area contributed by atoms with E-state index in [2.05, 4.69) is 30.6 Å². The van der Waals surface area contributed by atoms with Gasteiger partial charge in [0, 0.05) is 24.1 Å². The van der Waals surface area contributed by atoms with Crippen LogP contribution in [0.2, 0.25) is 5.28 Å². The maximum absolute atomic E-state index is 9.69. The van der Waals surface area contributed by atoms with Gasteiger partial charge in [-0.05, 0) is 44.5 Å². The maximum atomic E-state index is 9.69. The van der Waals surface area contributed by atoms with E-state index >= 15 is 0 Å². The molecule has 0 aliphatic carbocycles. The number of rotatable bonds is 5. The first kappa shape index (κ1) is 15.4. The number of aliphatic hydroxyl groups is 1. The summed E-state index contributed by atoms with van der Waals surface area (Å²) in [5.41, 5.74) is 0.799. The number of aromatic nitrogens is 4. The summed E-state index contributed by atoms with van der Waals surface area (Å²) in [7, 11) is 0. The Morgan fingerprint density at radius 3 is 2.62 bits per heavy atom. The molecule has 2 aromatic heterocycles. The Morgan fingerprint density at radius 1 is 1.24 bits per heavy atom. The second kappa shape index (κ2) is 6.19. The summed E-state index contributed by atoms with van der Waals surface area (Å²) in [6, 6.07) is 3.66. The van der Waals surface area contributed by atoms with Gasteiger partial charge in [0.1, 0.15) is 0 Å². The van der Waals surface area contributed by atoms with Gasteiger partial charge in [0.15, 0.2) is 0 Å². The van der Waals surface area contributed by atoms with Crippen LogP contribution < -0.4 is 10.6 Å². The molecule has 0 saturated carbocycles. The normalized spacial score (nSPS) is 11.3.